The van der Waals surface area contributed by atoms with Gasteiger partial charge in [-0.1, -0.05) is 62.0 Å². The first-order valence-corrected chi connectivity index (χ1v) is 33.4. The van der Waals surface area contributed by atoms with E-state index in [4.69, 9.17) is 5.11 Å². The van der Waals surface area contributed by atoms with E-state index in [1.807, 2.05) is 55.2 Å². The summed E-state index contributed by atoms with van der Waals surface area (Å²) in [7, 11) is -4.79. The van der Waals surface area contributed by atoms with Crippen molar-refractivity contribution in [1.82, 2.24) is 42.5 Å². The minimum Gasteiger partial charge on any atom is -0.744 e. The number of amides is 8. The Morgan fingerprint density at radius 2 is 1.19 bits per heavy atom. The molecule has 2 aromatic rings. The number of aliphatic hydroxyl groups is 3. The van der Waals surface area contributed by atoms with Crippen LogP contribution in [0.25, 0.3) is 0 Å². The second-order valence-corrected chi connectivity index (χ2v) is 26.1. The number of allylic oxidation sites excluding steroid dienone is 6. The number of urea groups is 1. The molecule has 14 N–H and O–H groups in total. The molecule has 2 aliphatic heterocycles. The van der Waals surface area contributed by atoms with Crippen molar-refractivity contribution in [3.63, 3.8) is 0 Å². The number of carboxylic acid groups (broad SMARTS) is 3. The number of para-hydroxylation sites is 1. The monoisotopic (exact) mass is 1370 g/mol. The third-order valence-corrected chi connectivity index (χ3v) is 17.4. The molecular weight excluding hydrogens is 1280 g/mol. The summed E-state index contributed by atoms with van der Waals surface area (Å²) in [6.07, 6.45) is 12.7. The molecule has 0 aromatic heterocycles. The Morgan fingerprint density at radius 1 is 0.600 bits per heavy atom. The van der Waals surface area contributed by atoms with E-state index in [0.29, 0.717) is 68.2 Å². The van der Waals surface area contributed by atoms with Gasteiger partial charge in [-0.3, -0.25) is 38.4 Å². The summed E-state index contributed by atoms with van der Waals surface area (Å²) in [6, 6.07) is 3.70. The smallest absolute Gasteiger partial charge is 0.326 e. The van der Waals surface area contributed by atoms with E-state index in [2.05, 4.69) is 79.2 Å². The lowest BCUT2D eigenvalue weighted by atomic mass is 9.81. The van der Waals surface area contributed by atoms with Crippen molar-refractivity contribution in [2.24, 2.45) is 0 Å². The summed E-state index contributed by atoms with van der Waals surface area (Å²) < 4.78 is 38.9. The molecule has 2 heterocycles. The molecule has 5 atom stereocenters. The van der Waals surface area contributed by atoms with Crippen molar-refractivity contribution in [1.29, 1.82) is 0 Å². The predicted octanol–water partition coefficient (Wildman–Crippen LogP) is 0.792. The molecule has 0 unspecified atom stereocenters. The number of fused-ring (bicyclic) bond motifs is 2. The molecule has 2 aliphatic rings. The topological polar surface area (TPSA) is 469 Å². The van der Waals surface area contributed by atoms with Gasteiger partial charge in [0.2, 0.25) is 41.1 Å². The molecule has 2 aromatic carbocycles. The highest BCUT2D eigenvalue weighted by Crippen LogP contribution is 2.48. The van der Waals surface area contributed by atoms with E-state index in [1.54, 1.807) is 6.07 Å². The largest absolute Gasteiger partial charge is 0.744 e. The lowest BCUT2D eigenvalue weighted by Gasteiger charge is -2.27. The number of thioether (sulfide) groups is 1. The van der Waals surface area contributed by atoms with Gasteiger partial charge in [-0.2, -0.15) is 4.58 Å². The average Bonchev–Trinajstić information content (AvgIpc) is 1.60. The van der Waals surface area contributed by atoms with Crippen LogP contribution < -0.4 is 47.4 Å². The summed E-state index contributed by atoms with van der Waals surface area (Å²) in [4.78, 5) is 135. The standard InChI is InChI=1S/C63H88N10O20S2/c1-39(77)94-38-54(80)67-46(36-75)57(84)69-47(37-76)58(85)68-45(35-74)56(83)66-31-28-53(79)65-30-15-17-33-73-49-26-24-40(95(91,92)93)34-42(49)63(4,5)51(73)22-9-6-8-21-50-62(2,3)41-18-11-12-20-48(41)72(50)32-16-7-10-23-52(78)64-29-14-13-19-43(59(86)87)70-61(90)71-44(60(88)89)25-27-55(81)82/h6,8-9,11-12,18,20-22,24,26,34,43-47,74-76H,7,10,13-17,19,23,25,27-33,35-38H2,1-5H3,(H11-,64,65,66,67,68,69,70,71,78,79,80,81,82,83,84,85,86,87,88,89,90,91,92,93)/t43-,44-,45+,46+,47+/m0/s1. The number of unbranched alkanes of at least 4 members (excludes halogenated alkanes) is 4. The van der Waals surface area contributed by atoms with Crippen LogP contribution in [0.1, 0.15) is 123 Å². The summed E-state index contributed by atoms with van der Waals surface area (Å²) in [5, 5.41) is 75.5. The van der Waals surface area contributed by atoms with E-state index in [9.17, 15) is 91.2 Å². The first kappa shape index (κ1) is 78.9. The first-order chi connectivity index (χ1) is 44.9. The summed E-state index contributed by atoms with van der Waals surface area (Å²) in [5.41, 5.74) is 4.27. The minimum absolute atomic E-state index is 0.00381. The second-order valence-electron chi connectivity index (χ2n) is 23.5. The Balaban J connectivity index is 1.31. The molecule has 522 valence electrons. The fourth-order valence-electron chi connectivity index (χ4n) is 10.6. The maximum absolute atomic E-state index is 12.9. The van der Waals surface area contributed by atoms with Crippen molar-refractivity contribution in [2.75, 3.05) is 63.2 Å². The zero-order valence-corrected chi connectivity index (χ0v) is 55.4. The van der Waals surface area contributed by atoms with Crippen LogP contribution in [0.3, 0.4) is 0 Å². The molecular formula is C63H88N10O20S2. The van der Waals surface area contributed by atoms with Crippen molar-refractivity contribution in [2.45, 2.75) is 158 Å². The molecule has 0 saturated carbocycles. The van der Waals surface area contributed by atoms with Gasteiger partial charge in [0.15, 0.2) is 10.8 Å². The number of rotatable bonds is 41. The molecule has 30 nitrogen and oxygen atoms in total. The van der Waals surface area contributed by atoms with Crippen LogP contribution in [-0.2, 0) is 68.9 Å². The number of anilines is 1. The normalized spacial score (nSPS) is 15.8. The molecule has 0 saturated heterocycles. The Hall–Kier alpha value is -8.56. The van der Waals surface area contributed by atoms with Gasteiger partial charge in [0.05, 0.1) is 35.9 Å². The molecule has 8 amide bonds. The lowest BCUT2D eigenvalue weighted by Crippen LogP contribution is -2.59. The van der Waals surface area contributed by atoms with Crippen LogP contribution in [0.4, 0.5) is 16.2 Å². The molecule has 4 rings (SSSR count). The zero-order valence-electron chi connectivity index (χ0n) is 53.8. The molecule has 0 fully saturated rings. The number of hydrogen-bond donors (Lipinski definition) is 14. The van der Waals surface area contributed by atoms with Crippen LogP contribution >= 0.6 is 11.8 Å². The highest BCUT2D eigenvalue weighted by molar-refractivity contribution is 8.14. The fraction of sp³-hybridized carbons (Fsp3) is 0.524. The van der Waals surface area contributed by atoms with Crippen LogP contribution in [0.5, 0.6) is 0 Å². The summed E-state index contributed by atoms with van der Waals surface area (Å²) in [6.45, 7) is 8.02. The van der Waals surface area contributed by atoms with E-state index in [-0.39, 0.29) is 66.0 Å². The molecule has 0 aliphatic carbocycles. The number of benzene rings is 2. The van der Waals surface area contributed by atoms with E-state index in [1.165, 1.54) is 19.1 Å². The number of hydrogen-bond acceptors (Lipinski definition) is 19. The summed E-state index contributed by atoms with van der Waals surface area (Å²) in [5.74, 6) is -8.80. The molecule has 95 heavy (non-hydrogen) atoms. The average molecular weight is 1370 g/mol. The SMILES string of the molecule is CC(=O)SCC(=O)N[C@H](CO)C(=O)N[C@H](CO)C(=O)N[C@H](CO)C(=O)NCCC(=O)NCCCCN1/C(=C/C=C/C=C/C2=[N+](CCCCCC(=O)NCCCC[C@H](NC(=O)N[C@@H](CCC(=O)O)C(=O)O)C(=O)O)c3ccccc3C2(C)C)C(C)(C)c2cc(S(=O)(=O)[O-])ccc21. The second kappa shape index (κ2) is 38.1. The van der Waals surface area contributed by atoms with Crippen LogP contribution in [-0.4, -0.2) is 207 Å². The van der Waals surface area contributed by atoms with Crippen molar-refractivity contribution in [3.8, 4) is 0 Å². The Labute approximate surface area is 555 Å². The number of carbonyl (C=O) groups is 11. The lowest BCUT2D eigenvalue weighted by molar-refractivity contribution is -0.438. The summed E-state index contributed by atoms with van der Waals surface area (Å²) >= 11 is 0.663. The Kier molecular flexibility index (Phi) is 31.6. The highest BCUT2D eigenvalue weighted by Gasteiger charge is 2.44. The van der Waals surface area contributed by atoms with Gasteiger partial charge in [0, 0.05) is 93.3 Å². The Bertz CT molecular complexity index is 3350. The molecule has 0 spiro atoms. The minimum atomic E-state index is -4.79. The molecule has 0 radical (unpaired) electrons. The predicted molar refractivity (Wildman–Crippen MR) is 347 cm³/mol. The molecule has 32 heteroatoms. The van der Waals surface area contributed by atoms with Crippen molar-refractivity contribution < 1.29 is 101 Å². The molecule has 0 bridgehead atoms. The zero-order chi connectivity index (χ0) is 70.6. The van der Waals surface area contributed by atoms with E-state index < -0.39 is 132 Å². The Morgan fingerprint density at radius 3 is 1.79 bits per heavy atom. The van der Waals surface area contributed by atoms with Crippen LogP contribution in [0.2, 0.25) is 0 Å². The van der Waals surface area contributed by atoms with Crippen molar-refractivity contribution in [3.05, 3.63) is 89.7 Å². The van der Waals surface area contributed by atoms with Gasteiger partial charge in [0.1, 0.15) is 46.9 Å². The van der Waals surface area contributed by atoms with Crippen LogP contribution in [0.15, 0.2) is 83.4 Å². The first-order valence-electron chi connectivity index (χ1n) is 31.0. The van der Waals surface area contributed by atoms with Gasteiger partial charge in [-0.05, 0) is 95.1 Å². The number of nitrogens with one attached hydrogen (secondary N) is 8. The third-order valence-electron chi connectivity index (χ3n) is 15.7. The fourth-order valence-corrected chi connectivity index (χ4v) is 11.5. The number of nitrogens with zero attached hydrogens (tertiary/aromatic N) is 2. The third kappa shape index (κ3) is 24.6. The van der Waals surface area contributed by atoms with Gasteiger partial charge in [0.25, 0.3) is 0 Å². The van der Waals surface area contributed by atoms with E-state index in [0.717, 1.165) is 35.5 Å². The van der Waals surface area contributed by atoms with Gasteiger partial charge in [-0.15, -0.1) is 0 Å². The van der Waals surface area contributed by atoms with Crippen LogP contribution in [0, 0.1) is 0 Å². The van der Waals surface area contributed by atoms with Gasteiger partial charge >= 0.3 is 23.9 Å². The van der Waals surface area contributed by atoms with Gasteiger partial charge in [-0.25, -0.2) is 22.8 Å². The number of carbonyl (C=O) groups excluding carboxylic acids is 8. The van der Waals surface area contributed by atoms with Gasteiger partial charge < -0.3 is 82.6 Å². The van der Waals surface area contributed by atoms with E-state index >= 15 is 0 Å². The maximum atomic E-state index is 12.9. The maximum Gasteiger partial charge on any atom is 0.326 e. The van der Waals surface area contributed by atoms with Crippen molar-refractivity contribution >= 4 is 103 Å². The number of carboxylic acids is 3. The quantitative estimate of drug-likeness (QED) is 0.0189. The highest BCUT2D eigenvalue weighted by atomic mass is 32.2. The number of aliphatic hydroxyl groups excluding tert-OH is 3. The number of aliphatic carboxylic acids is 3.